The Labute approximate surface area is 139 Å². The maximum atomic E-state index is 12.8. The summed E-state index contributed by atoms with van der Waals surface area (Å²) in [4.78, 5) is 23.1. The first-order valence-electron chi connectivity index (χ1n) is 6.58. The Morgan fingerprint density at radius 1 is 1.12 bits per heavy atom. The highest BCUT2D eigenvalue weighted by Crippen LogP contribution is 2.35. The Morgan fingerprint density at radius 3 is 2.04 bits per heavy atom. The minimum Gasteiger partial charge on any atom is -0.326 e. The summed E-state index contributed by atoms with van der Waals surface area (Å²) < 4.78 is 39.0. The summed E-state index contributed by atoms with van der Waals surface area (Å²) in [7, 11) is 1.19. The van der Waals surface area contributed by atoms with Crippen molar-refractivity contribution in [2.45, 2.75) is 13.1 Å². The summed E-state index contributed by atoms with van der Waals surface area (Å²) in [6, 6.07) is 6.03. The number of rotatable bonds is 3. The summed E-state index contributed by atoms with van der Waals surface area (Å²) >= 11 is 5.65. The molecule has 0 saturated heterocycles. The maximum absolute atomic E-state index is 12.8. The smallest absolute Gasteiger partial charge is 0.326 e. The number of hydrogen-bond acceptors (Lipinski definition) is 3. The minimum absolute atomic E-state index is 0.256. The number of carbonyl (C=O) groups excluding carboxylic acids is 2. The van der Waals surface area contributed by atoms with Crippen LogP contribution in [0.2, 0.25) is 5.02 Å². The first-order chi connectivity index (χ1) is 11.1. The van der Waals surface area contributed by atoms with Crippen LogP contribution in [0.3, 0.4) is 0 Å². The van der Waals surface area contributed by atoms with Crippen molar-refractivity contribution in [2.24, 2.45) is 7.05 Å². The monoisotopic (exact) mass is 360 g/mol. The van der Waals surface area contributed by atoms with Crippen LogP contribution in [0.1, 0.15) is 23.1 Å². The van der Waals surface area contributed by atoms with Crippen LogP contribution in [0.25, 0.3) is 0 Å². The van der Waals surface area contributed by atoms with Crippen LogP contribution in [0.15, 0.2) is 24.3 Å². The van der Waals surface area contributed by atoms with Crippen LogP contribution in [0.4, 0.5) is 24.5 Å². The first-order valence-corrected chi connectivity index (χ1v) is 6.96. The molecule has 0 aliphatic heterocycles. The van der Waals surface area contributed by atoms with E-state index in [0.29, 0.717) is 11.4 Å². The van der Waals surface area contributed by atoms with Gasteiger partial charge in [0.15, 0.2) is 5.69 Å². The molecule has 1 heterocycles. The van der Waals surface area contributed by atoms with E-state index >= 15 is 0 Å². The number of aryl methyl sites for hydroxylation is 1. The van der Waals surface area contributed by atoms with Crippen molar-refractivity contribution in [1.29, 1.82) is 0 Å². The molecule has 2 amide bonds. The molecule has 10 heteroatoms. The summed E-state index contributed by atoms with van der Waals surface area (Å²) in [5.41, 5.74) is -0.897. The normalized spacial score (nSPS) is 11.2. The van der Waals surface area contributed by atoms with Gasteiger partial charge in [0.05, 0.1) is 0 Å². The maximum Gasteiger partial charge on any atom is 0.436 e. The summed E-state index contributed by atoms with van der Waals surface area (Å²) in [5.74, 6) is -1.09. The minimum atomic E-state index is -4.76. The molecule has 0 unspecified atom stereocenters. The van der Waals surface area contributed by atoms with Gasteiger partial charge in [0.1, 0.15) is 10.7 Å². The van der Waals surface area contributed by atoms with E-state index in [1.54, 1.807) is 0 Å². The van der Waals surface area contributed by atoms with E-state index < -0.39 is 28.5 Å². The van der Waals surface area contributed by atoms with E-state index in [1.807, 2.05) is 0 Å². The third-order valence-electron chi connectivity index (χ3n) is 2.94. The number of amides is 2. The Morgan fingerprint density at radius 2 is 1.62 bits per heavy atom. The molecule has 2 rings (SSSR count). The lowest BCUT2D eigenvalue weighted by Crippen LogP contribution is -2.16. The van der Waals surface area contributed by atoms with Crippen LogP contribution in [-0.2, 0) is 18.0 Å². The van der Waals surface area contributed by atoms with Crippen molar-refractivity contribution in [2.75, 3.05) is 10.6 Å². The van der Waals surface area contributed by atoms with Crippen LogP contribution in [0.5, 0.6) is 0 Å². The van der Waals surface area contributed by atoms with Gasteiger partial charge in [-0.15, -0.1) is 0 Å². The van der Waals surface area contributed by atoms with E-state index in [4.69, 9.17) is 11.6 Å². The molecule has 0 aliphatic carbocycles. The van der Waals surface area contributed by atoms with Gasteiger partial charge in [0.25, 0.3) is 5.91 Å². The van der Waals surface area contributed by atoms with Crippen molar-refractivity contribution in [1.82, 2.24) is 9.78 Å². The van der Waals surface area contributed by atoms with E-state index in [9.17, 15) is 22.8 Å². The number of halogens is 4. The lowest BCUT2D eigenvalue weighted by molar-refractivity contribution is -0.141. The quantitative estimate of drug-likeness (QED) is 0.881. The van der Waals surface area contributed by atoms with E-state index in [0.717, 1.165) is 4.68 Å². The van der Waals surface area contributed by atoms with Crippen molar-refractivity contribution >= 4 is 34.8 Å². The predicted octanol–water partition coefficient (Wildman–Crippen LogP) is 3.30. The Bertz CT molecular complexity index is 785. The Balaban J connectivity index is 2.21. The number of hydrogen-bond donors (Lipinski definition) is 2. The molecule has 0 aliphatic rings. The molecule has 128 valence electrons. The molecule has 0 fully saturated rings. The molecule has 1 aromatic carbocycles. The molecule has 2 aromatic rings. The summed E-state index contributed by atoms with van der Waals surface area (Å²) in [5, 5.41) is 7.44. The summed E-state index contributed by atoms with van der Waals surface area (Å²) in [6.45, 7) is 1.35. The van der Waals surface area contributed by atoms with Gasteiger partial charge in [-0.1, -0.05) is 11.6 Å². The van der Waals surface area contributed by atoms with Gasteiger partial charge in [-0.3, -0.25) is 14.3 Å². The highest BCUT2D eigenvalue weighted by molar-refractivity contribution is 6.34. The zero-order chi connectivity index (χ0) is 18.1. The SMILES string of the molecule is CC(=O)Nc1ccc(NC(=O)c2c(Cl)c(C(F)(F)F)nn2C)cc1. The van der Waals surface area contributed by atoms with Crippen LogP contribution < -0.4 is 10.6 Å². The van der Waals surface area contributed by atoms with Crippen molar-refractivity contribution in [3.63, 3.8) is 0 Å². The molecule has 0 atom stereocenters. The Kier molecular flexibility index (Phi) is 4.83. The second-order valence-electron chi connectivity index (χ2n) is 4.85. The number of nitrogens with one attached hydrogen (secondary N) is 2. The predicted molar refractivity (Wildman–Crippen MR) is 81.9 cm³/mol. The average molecular weight is 361 g/mol. The fraction of sp³-hybridized carbons (Fsp3) is 0.214. The molecule has 0 radical (unpaired) electrons. The van der Waals surface area contributed by atoms with Crippen molar-refractivity contribution < 1.29 is 22.8 Å². The third-order valence-corrected chi connectivity index (χ3v) is 3.29. The topological polar surface area (TPSA) is 76.0 Å². The van der Waals surface area contributed by atoms with Crippen LogP contribution in [-0.4, -0.2) is 21.6 Å². The fourth-order valence-corrected chi connectivity index (χ4v) is 2.31. The first kappa shape index (κ1) is 17.8. The van der Waals surface area contributed by atoms with Crippen LogP contribution >= 0.6 is 11.6 Å². The number of anilines is 2. The lowest BCUT2D eigenvalue weighted by atomic mass is 10.2. The van der Waals surface area contributed by atoms with E-state index in [-0.39, 0.29) is 5.91 Å². The second kappa shape index (κ2) is 6.52. The zero-order valence-electron chi connectivity index (χ0n) is 12.5. The lowest BCUT2D eigenvalue weighted by Gasteiger charge is -2.07. The molecule has 1 aromatic heterocycles. The number of carbonyl (C=O) groups is 2. The number of alkyl halides is 3. The molecule has 2 N–H and O–H groups in total. The molecule has 6 nitrogen and oxygen atoms in total. The summed E-state index contributed by atoms with van der Waals surface area (Å²) in [6.07, 6.45) is -4.76. The van der Waals surface area contributed by atoms with Crippen molar-refractivity contribution in [3.8, 4) is 0 Å². The van der Waals surface area contributed by atoms with Gasteiger partial charge in [-0.05, 0) is 24.3 Å². The van der Waals surface area contributed by atoms with Gasteiger partial charge in [-0.2, -0.15) is 18.3 Å². The largest absolute Gasteiger partial charge is 0.436 e. The molecular formula is C14H12ClF3N4O2. The second-order valence-corrected chi connectivity index (χ2v) is 5.22. The van der Waals surface area contributed by atoms with Gasteiger partial charge >= 0.3 is 6.18 Å². The number of aromatic nitrogens is 2. The highest BCUT2D eigenvalue weighted by atomic mass is 35.5. The van der Waals surface area contributed by atoms with E-state index in [1.165, 1.54) is 38.2 Å². The highest BCUT2D eigenvalue weighted by Gasteiger charge is 2.39. The molecule has 24 heavy (non-hydrogen) atoms. The standard InChI is InChI=1S/C14H12ClF3N4O2/c1-7(23)19-8-3-5-9(6-4-8)20-13(24)11-10(15)12(14(16,17)18)21-22(11)2/h3-6H,1-2H3,(H,19,23)(H,20,24). The number of benzene rings is 1. The molecule has 0 saturated carbocycles. The zero-order valence-corrected chi connectivity index (χ0v) is 13.3. The van der Waals surface area contributed by atoms with Gasteiger partial charge in [0, 0.05) is 25.3 Å². The van der Waals surface area contributed by atoms with Gasteiger partial charge < -0.3 is 10.6 Å². The molecule has 0 spiro atoms. The van der Waals surface area contributed by atoms with Gasteiger partial charge in [0.2, 0.25) is 5.91 Å². The molecule has 0 bridgehead atoms. The third kappa shape index (κ3) is 3.85. The average Bonchev–Trinajstić information content (AvgIpc) is 2.75. The van der Waals surface area contributed by atoms with E-state index in [2.05, 4.69) is 15.7 Å². The molecular weight excluding hydrogens is 349 g/mol. The fourth-order valence-electron chi connectivity index (χ4n) is 1.96. The Hall–Kier alpha value is -2.55. The van der Waals surface area contributed by atoms with Crippen LogP contribution in [0, 0.1) is 0 Å². The number of nitrogens with zero attached hydrogens (tertiary/aromatic N) is 2. The van der Waals surface area contributed by atoms with Gasteiger partial charge in [-0.25, -0.2) is 0 Å². The van der Waals surface area contributed by atoms with Crippen molar-refractivity contribution in [3.05, 3.63) is 40.7 Å².